The Balaban J connectivity index is 1.47. The molecular formula is C22H29N3O2. The molecule has 2 aromatic rings. The summed E-state index contributed by atoms with van der Waals surface area (Å²) < 4.78 is 5.39. The van der Waals surface area contributed by atoms with Crippen LogP contribution in [0.5, 0.6) is 0 Å². The molecule has 0 unspecified atom stereocenters. The maximum Gasteiger partial charge on any atom is 0.238 e. The molecule has 27 heavy (non-hydrogen) atoms. The Morgan fingerprint density at radius 3 is 2.41 bits per heavy atom. The molecule has 5 heteroatoms. The van der Waals surface area contributed by atoms with Crippen LogP contribution in [0.2, 0.25) is 0 Å². The van der Waals surface area contributed by atoms with E-state index in [0.29, 0.717) is 6.54 Å². The lowest BCUT2D eigenvalue weighted by Crippen LogP contribution is -2.35. The molecule has 5 nitrogen and oxygen atoms in total. The van der Waals surface area contributed by atoms with Crippen LogP contribution in [0.1, 0.15) is 18.1 Å². The molecule has 1 fully saturated rings. The van der Waals surface area contributed by atoms with Crippen molar-refractivity contribution in [1.82, 2.24) is 9.80 Å². The molecule has 144 valence electrons. The van der Waals surface area contributed by atoms with Crippen LogP contribution in [0.4, 0.5) is 5.69 Å². The van der Waals surface area contributed by atoms with Gasteiger partial charge < -0.3 is 10.1 Å². The minimum atomic E-state index is 0.0220. The van der Waals surface area contributed by atoms with Gasteiger partial charge in [0.2, 0.25) is 5.91 Å². The number of carbonyl (C=O) groups is 1. The van der Waals surface area contributed by atoms with E-state index in [1.54, 1.807) is 0 Å². The molecule has 0 atom stereocenters. The van der Waals surface area contributed by atoms with E-state index in [-0.39, 0.29) is 5.91 Å². The summed E-state index contributed by atoms with van der Waals surface area (Å²) in [6.45, 7) is 8.59. The van der Waals surface area contributed by atoms with Crippen molar-refractivity contribution in [3.63, 3.8) is 0 Å². The Labute approximate surface area is 161 Å². The molecule has 0 aromatic heterocycles. The van der Waals surface area contributed by atoms with E-state index in [9.17, 15) is 4.79 Å². The average Bonchev–Trinajstić information content (AvgIpc) is 2.70. The predicted molar refractivity (Wildman–Crippen MR) is 109 cm³/mol. The number of hydrogen-bond donors (Lipinski definition) is 1. The second kappa shape index (κ2) is 10.2. The maximum atomic E-state index is 12.4. The number of ether oxygens (including phenoxy) is 1. The van der Waals surface area contributed by atoms with Gasteiger partial charge >= 0.3 is 0 Å². The average molecular weight is 367 g/mol. The Kier molecular flexibility index (Phi) is 7.39. The number of carbonyl (C=O) groups excluding carboxylic acids is 1. The van der Waals surface area contributed by atoms with Gasteiger partial charge in [-0.25, -0.2) is 0 Å². The van der Waals surface area contributed by atoms with Gasteiger partial charge in [0.05, 0.1) is 19.8 Å². The normalized spacial score (nSPS) is 15.0. The molecule has 1 heterocycles. The van der Waals surface area contributed by atoms with Gasteiger partial charge in [-0.2, -0.15) is 0 Å². The lowest BCUT2D eigenvalue weighted by atomic mass is 10.2. The van der Waals surface area contributed by atoms with Crippen molar-refractivity contribution < 1.29 is 9.53 Å². The van der Waals surface area contributed by atoms with E-state index in [0.717, 1.165) is 51.6 Å². The SMILES string of the molecule is CCN(CC(=O)Nc1ccc(CN2CCOCC2)cc1)Cc1ccccc1. The third-order valence-electron chi connectivity index (χ3n) is 4.81. The summed E-state index contributed by atoms with van der Waals surface area (Å²) in [5.74, 6) is 0.0220. The minimum Gasteiger partial charge on any atom is -0.379 e. The fraction of sp³-hybridized carbons (Fsp3) is 0.409. The largest absolute Gasteiger partial charge is 0.379 e. The quantitative estimate of drug-likeness (QED) is 0.779. The molecule has 1 saturated heterocycles. The molecule has 1 aliphatic rings. The molecule has 0 saturated carbocycles. The van der Waals surface area contributed by atoms with Crippen molar-refractivity contribution in [2.75, 3.05) is 44.7 Å². The van der Waals surface area contributed by atoms with Gasteiger partial charge in [-0.3, -0.25) is 14.6 Å². The lowest BCUT2D eigenvalue weighted by Gasteiger charge is -2.26. The molecule has 0 aliphatic carbocycles. The summed E-state index contributed by atoms with van der Waals surface area (Å²) in [5.41, 5.74) is 3.33. The zero-order valence-electron chi connectivity index (χ0n) is 16.1. The van der Waals surface area contributed by atoms with Crippen LogP contribution in [0.15, 0.2) is 54.6 Å². The number of morpholine rings is 1. The van der Waals surface area contributed by atoms with Crippen LogP contribution in [0.3, 0.4) is 0 Å². The number of benzene rings is 2. The number of hydrogen-bond acceptors (Lipinski definition) is 4. The summed E-state index contributed by atoms with van der Waals surface area (Å²) in [6.07, 6.45) is 0. The van der Waals surface area contributed by atoms with E-state index in [1.807, 2.05) is 30.3 Å². The first-order valence-corrected chi connectivity index (χ1v) is 9.68. The fourth-order valence-corrected chi connectivity index (χ4v) is 3.24. The van der Waals surface area contributed by atoms with Crippen LogP contribution >= 0.6 is 0 Å². The van der Waals surface area contributed by atoms with Crippen LogP contribution < -0.4 is 5.32 Å². The molecular weight excluding hydrogens is 338 g/mol. The first-order chi connectivity index (χ1) is 13.2. The van der Waals surface area contributed by atoms with Crippen molar-refractivity contribution in [2.45, 2.75) is 20.0 Å². The van der Waals surface area contributed by atoms with Crippen molar-refractivity contribution in [3.05, 3.63) is 65.7 Å². The highest BCUT2D eigenvalue weighted by Crippen LogP contribution is 2.13. The summed E-state index contributed by atoms with van der Waals surface area (Å²) in [4.78, 5) is 16.9. The summed E-state index contributed by atoms with van der Waals surface area (Å²) in [5, 5.41) is 3.01. The van der Waals surface area contributed by atoms with Crippen LogP contribution in [0, 0.1) is 0 Å². The third-order valence-corrected chi connectivity index (χ3v) is 4.81. The molecule has 1 amide bonds. The highest BCUT2D eigenvalue weighted by Gasteiger charge is 2.12. The minimum absolute atomic E-state index is 0.0220. The van der Waals surface area contributed by atoms with Crippen molar-refractivity contribution in [3.8, 4) is 0 Å². The zero-order chi connectivity index (χ0) is 18.9. The number of nitrogens with zero attached hydrogens (tertiary/aromatic N) is 2. The molecule has 2 aromatic carbocycles. The molecule has 0 radical (unpaired) electrons. The lowest BCUT2D eigenvalue weighted by molar-refractivity contribution is -0.117. The monoisotopic (exact) mass is 367 g/mol. The summed E-state index contributed by atoms with van der Waals surface area (Å²) in [7, 11) is 0. The number of likely N-dealkylation sites (N-methyl/N-ethyl adjacent to an activating group) is 1. The van der Waals surface area contributed by atoms with Crippen molar-refractivity contribution >= 4 is 11.6 Å². The van der Waals surface area contributed by atoms with Crippen LogP contribution in [-0.4, -0.2) is 55.1 Å². The zero-order valence-corrected chi connectivity index (χ0v) is 16.1. The second-order valence-corrected chi connectivity index (χ2v) is 6.92. The molecule has 3 rings (SSSR count). The van der Waals surface area contributed by atoms with E-state index in [2.05, 4.69) is 46.3 Å². The second-order valence-electron chi connectivity index (χ2n) is 6.92. The van der Waals surface area contributed by atoms with Gasteiger partial charge in [-0.05, 0) is 29.8 Å². The van der Waals surface area contributed by atoms with Gasteiger partial charge in [0.15, 0.2) is 0 Å². The third kappa shape index (κ3) is 6.47. The topological polar surface area (TPSA) is 44.8 Å². The molecule has 0 bridgehead atoms. The van der Waals surface area contributed by atoms with E-state index >= 15 is 0 Å². The van der Waals surface area contributed by atoms with Crippen LogP contribution in [-0.2, 0) is 22.6 Å². The van der Waals surface area contributed by atoms with E-state index in [4.69, 9.17) is 4.74 Å². The number of amides is 1. The standard InChI is InChI=1S/C22H29N3O2/c1-2-24(16-19-6-4-3-5-7-19)18-22(26)23-21-10-8-20(9-11-21)17-25-12-14-27-15-13-25/h3-11H,2,12-18H2,1H3,(H,23,26). The van der Waals surface area contributed by atoms with Crippen molar-refractivity contribution in [1.29, 1.82) is 0 Å². The molecule has 1 N–H and O–H groups in total. The van der Waals surface area contributed by atoms with Crippen molar-refractivity contribution in [2.24, 2.45) is 0 Å². The Bertz CT molecular complexity index is 697. The highest BCUT2D eigenvalue weighted by molar-refractivity contribution is 5.92. The fourth-order valence-electron chi connectivity index (χ4n) is 3.24. The van der Waals surface area contributed by atoms with Gasteiger partial charge in [0.25, 0.3) is 0 Å². The molecule has 1 aliphatic heterocycles. The van der Waals surface area contributed by atoms with Crippen LogP contribution in [0.25, 0.3) is 0 Å². The number of nitrogens with one attached hydrogen (secondary N) is 1. The van der Waals surface area contributed by atoms with Gasteiger partial charge in [0, 0.05) is 31.9 Å². The van der Waals surface area contributed by atoms with Gasteiger partial charge in [-0.15, -0.1) is 0 Å². The van der Waals surface area contributed by atoms with E-state index in [1.165, 1.54) is 11.1 Å². The Morgan fingerprint density at radius 2 is 1.74 bits per heavy atom. The molecule has 0 spiro atoms. The maximum absolute atomic E-state index is 12.4. The van der Waals surface area contributed by atoms with E-state index < -0.39 is 0 Å². The smallest absolute Gasteiger partial charge is 0.238 e. The number of anilines is 1. The Hall–Kier alpha value is -2.21. The first kappa shape index (κ1) is 19.5. The van der Waals surface area contributed by atoms with Gasteiger partial charge in [0.1, 0.15) is 0 Å². The van der Waals surface area contributed by atoms with Gasteiger partial charge in [-0.1, -0.05) is 49.4 Å². The first-order valence-electron chi connectivity index (χ1n) is 9.68. The highest BCUT2D eigenvalue weighted by atomic mass is 16.5. The number of rotatable bonds is 8. The summed E-state index contributed by atoms with van der Waals surface area (Å²) in [6, 6.07) is 18.4. The summed E-state index contributed by atoms with van der Waals surface area (Å²) >= 11 is 0. The predicted octanol–water partition coefficient (Wildman–Crippen LogP) is 2.98. The Morgan fingerprint density at radius 1 is 1.04 bits per heavy atom.